The van der Waals surface area contributed by atoms with Gasteiger partial charge in [-0.1, -0.05) is 0 Å². The molecule has 0 aromatic heterocycles. The quantitative estimate of drug-likeness (QED) is 0.0276. The molecule has 0 saturated carbocycles. The van der Waals surface area contributed by atoms with E-state index in [0.29, 0.717) is 6.79 Å². The summed E-state index contributed by atoms with van der Waals surface area (Å²) in [5, 5.41) is 23.3. The van der Waals surface area contributed by atoms with Gasteiger partial charge in [-0.2, -0.15) is 0 Å². The van der Waals surface area contributed by atoms with Crippen molar-refractivity contribution in [2.24, 2.45) is 0 Å². The van der Waals surface area contributed by atoms with E-state index in [4.69, 9.17) is 4.79 Å². The first-order valence-corrected chi connectivity index (χ1v) is 19.2. The van der Waals surface area contributed by atoms with Crippen LogP contribution in [-0.2, 0) is 81.0 Å². The number of urea groups is 2. The lowest BCUT2D eigenvalue weighted by atomic mass is 10.3. The van der Waals surface area contributed by atoms with Gasteiger partial charge in [0.15, 0.2) is 0 Å². The number of hydrogen-bond donors (Lipinski definition) is 10. The van der Waals surface area contributed by atoms with Gasteiger partial charge < -0.3 is 106 Å². The van der Waals surface area contributed by atoms with Crippen molar-refractivity contribution in [2.45, 2.75) is 47.5 Å². The molecule has 34 heteroatoms. The molecule has 0 aliphatic heterocycles. The molecule has 0 aromatic rings. The smallest absolute Gasteiger partial charge is 0.469 e. The number of methoxy groups -OCH3 is 7. The van der Waals surface area contributed by atoms with Crippen molar-refractivity contribution < 1.29 is 115 Å². The Morgan fingerprint density at radius 3 is 0.944 bits per heavy atom. The van der Waals surface area contributed by atoms with Crippen LogP contribution in [0.4, 0.5) is 28.8 Å². The van der Waals surface area contributed by atoms with Crippen molar-refractivity contribution in [3.05, 3.63) is 6.58 Å². The molecule has 0 aliphatic carbocycles. The van der Waals surface area contributed by atoms with Gasteiger partial charge in [0.1, 0.15) is 37.1 Å². The minimum Gasteiger partial charge on any atom is -0.469 e. The number of amides is 10. The number of ether oxygens (including phenoxy) is 9. The molecule has 0 aliphatic rings. The predicted molar refractivity (Wildman–Crippen MR) is 251 cm³/mol. The summed E-state index contributed by atoms with van der Waals surface area (Å²) in [5.41, 5.74) is 0. The number of carbonyl (C=O) groups is 13. The van der Waals surface area contributed by atoms with E-state index in [2.05, 4.69) is 102 Å². The zero-order chi connectivity index (χ0) is 57.6. The van der Waals surface area contributed by atoms with Crippen molar-refractivity contribution in [3.63, 3.8) is 0 Å². The van der Waals surface area contributed by atoms with Crippen LogP contribution in [0.1, 0.15) is 47.5 Å². The number of esters is 1. The average Bonchev–Trinajstić information content (AvgIpc) is 3.31. The number of Topliss-reactive ketones (excluding diaryl/α,β-unsaturated/α-hetero) is 2. The topological polar surface area (TPSA) is 474 Å². The summed E-state index contributed by atoms with van der Waals surface area (Å²) >= 11 is 0. The monoisotopic (exact) mass is 1060 g/mol. The molecule has 0 radical (unpaired) electrons. The van der Waals surface area contributed by atoms with E-state index in [1.54, 1.807) is 14.2 Å². The molecule has 10 amide bonds. The maximum atomic E-state index is 10.5. The predicted octanol–water partition coefficient (Wildman–Crippen LogP) is -2.80. The van der Waals surface area contributed by atoms with E-state index in [1.807, 2.05) is 0 Å². The first kappa shape index (κ1) is 86.8. The van der Waals surface area contributed by atoms with E-state index < -0.39 is 37.3 Å². The summed E-state index contributed by atoms with van der Waals surface area (Å²) in [4.78, 5) is 142. The first-order valence-electron chi connectivity index (χ1n) is 19.2. The average molecular weight is 1060 g/mol. The lowest BCUT2D eigenvalue weighted by Crippen LogP contribution is -2.43. The highest BCUT2D eigenvalue weighted by Gasteiger charge is 2.05. The van der Waals surface area contributed by atoms with E-state index in [-0.39, 0.29) is 85.6 Å². The van der Waals surface area contributed by atoms with Crippen LogP contribution in [0.5, 0.6) is 0 Å². The maximum Gasteiger partial charge on any atom is 0.510 e. The van der Waals surface area contributed by atoms with Gasteiger partial charge in [0.05, 0.1) is 55.6 Å². The molecule has 0 atom stereocenters. The standard InChI is InChI=1S/C5H12N4O2.C5H10N2O4.2C5H10N2O2.C5H8O6.C5H8O3.C3H8O2.C3H6O.C2H2O.H2O/c1-6-4(10)8-3-9-5(11)7-2;1-10-4(8)6-3-7-5(9)11-2;1-6-4(8)3-5(9)7-2;1-4(8)6-3-7-5(2)9;1-8-4(6)10-3-11-5(7)9-2;1-4(6)3-5(7)8-2;1-4-3-5-2;1-3(2)4;1-2-3;/h3H2,1-2H3,(H2,6,8,10)(H2,7,9,11);3H2,1-2H3,(H,6,8)(H,7,9);2*3H2,1-2H3,(H,6,8)(H,7,9);3H2,1-2H3;3H2,1-2H3;3H2,1-2H3;1-2H3;1H2;1H2. The Balaban J connectivity index is -0.0000000766. The Morgan fingerprint density at radius 2 is 0.750 bits per heavy atom. The van der Waals surface area contributed by atoms with Crippen LogP contribution in [0.3, 0.4) is 0 Å². The van der Waals surface area contributed by atoms with Crippen molar-refractivity contribution in [1.82, 2.24) is 53.2 Å². The van der Waals surface area contributed by atoms with Crippen molar-refractivity contribution >= 4 is 83.7 Å². The van der Waals surface area contributed by atoms with Crippen LogP contribution in [-0.4, -0.2) is 201 Å². The molecule has 0 unspecified atom stereocenters. The maximum absolute atomic E-state index is 10.5. The van der Waals surface area contributed by atoms with Crippen LogP contribution in [0, 0.1) is 0 Å². The van der Waals surface area contributed by atoms with Gasteiger partial charge in [0, 0.05) is 56.3 Å². The van der Waals surface area contributed by atoms with Crippen LogP contribution in [0.25, 0.3) is 0 Å². The molecule has 0 rings (SSSR count). The van der Waals surface area contributed by atoms with Gasteiger partial charge >= 0.3 is 42.5 Å². The third-order valence-electron chi connectivity index (χ3n) is 4.89. The summed E-state index contributed by atoms with van der Waals surface area (Å²) in [6, 6.07) is -0.664. The second kappa shape index (κ2) is 71.6. The molecule has 72 heavy (non-hydrogen) atoms. The van der Waals surface area contributed by atoms with Gasteiger partial charge in [0.25, 0.3) is 0 Å². The molecule has 0 bridgehead atoms. The number of hydrogen-bond acceptors (Lipinski definition) is 23. The summed E-state index contributed by atoms with van der Waals surface area (Å²) < 4.78 is 38.1. The largest absolute Gasteiger partial charge is 0.510 e. The number of rotatable bonds is 14. The van der Waals surface area contributed by atoms with E-state index in [0.717, 1.165) is 14.2 Å². The van der Waals surface area contributed by atoms with Crippen LogP contribution in [0.2, 0.25) is 0 Å². The molecule has 0 fully saturated rings. The Morgan fingerprint density at radius 1 is 0.444 bits per heavy atom. The zero-order valence-electron chi connectivity index (χ0n) is 43.5. The number of carbonyl (C=O) groups excluding carboxylic acids is 14. The number of ketones is 2. The minimum atomic E-state index is -0.922. The Hall–Kier alpha value is -8.36. The first-order chi connectivity index (χ1) is 33.2. The summed E-state index contributed by atoms with van der Waals surface area (Å²) in [5.74, 6) is -0.0643. The highest BCUT2D eigenvalue weighted by Crippen LogP contribution is 1.86. The van der Waals surface area contributed by atoms with Gasteiger partial charge in [-0.15, -0.1) is 0 Å². The van der Waals surface area contributed by atoms with Crippen molar-refractivity contribution in [3.8, 4) is 0 Å². The zero-order valence-corrected chi connectivity index (χ0v) is 43.5. The van der Waals surface area contributed by atoms with Crippen LogP contribution >= 0.6 is 0 Å². The molecular formula is C38H76N10O24. The molecule has 0 saturated heterocycles. The Bertz CT molecular complexity index is 1370. The lowest BCUT2D eigenvalue weighted by molar-refractivity contribution is -0.143. The second-order valence-corrected chi connectivity index (χ2v) is 10.9. The third kappa shape index (κ3) is 119. The summed E-state index contributed by atoms with van der Waals surface area (Å²) in [6.07, 6.45) is -3.27. The van der Waals surface area contributed by atoms with Gasteiger partial charge in [-0.3, -0.25) is 28.8 Å². The van der Waals surface area contributed by atoms with Crippen molar-refractivity contribution in [2.75, 3.05) is 112 Å². The normalized spacial score (nSPS) is 7.78. The van der Waals surface area contributed by atoms with Gasteiger partial charge in [-0.05, 0) is 27.4 Å². The SMILES string of the molecule is C=C=O.CC(=O)NCNC(C)=O.CC(C)=O.CNC(=O)CC(=O)NC.CNC(=O)NCNC(=O)NC.COC(=O)CC(C)=O.COC(=O)NCNC(=O)OC.COC(=O)OCOC(=O)OC.COCOC.O. The van der Waals surface area contributed by atoms with Gasteiger partial charge in [0.2, 0.25) is 30.4 Å². The Labute approximate surface area is 417 Å². The second-order valence-electron chi connectivity index (χ2n) is 10.9. The highest BCUT2D eigenvalue weighted by molar-refractivity contribution is 5.96. The fraction of sp³-hybridized carbons (Fsp3) is 0.605. The summed E-state index contributed by atoms with van der Waals surface area (Å²) in [6.45, 7) is 10.0. The molecule has 12 N–H and O–H groups in total. The molecule has 0 spiro atoms. The van der Waals surface area contributed by atoms with Crippen LogP contribution < -0.4 is 53.2 Å². The fourth-order valence-electron chi connectivity index (χ4n) is 1.97. The fourth-order valence-corrected chi connectivity index (χ4v) is 1.97. The molecule has 34 nitrogen and oxygen atoms in total. The minimum absolute atomic E-state index is 0. The number of alkyl carbamates (subject to hydrolysis) is 2. The summed E-state index contributed by atoms with van der Waals surface area (Å²) in [7, 11) is 15.1. The lowest BCUT2D eigenvalue weighted by Gasteiger charge is -2.05. The highest BCUT2D eigenvalue weighted by atomic mass is 16.8. The van der Waals surface area contributed by atoms with Crippen LogP contribution in [0.15, 0.2) is 6.58 Å². The van der Waals surface area contributed by atoms with E-state index in [1.165, 1.54) is 90.1 Å². The third-order valence-corrected chi connectivity index (χ3v) is 4.89. The molecule has 0 heterocycles. The van der Waals surface area contributed by atoms with Gasteiger partial charge in [-0.25, -0.2) is 33.6 Å². The molecule has 0 aromatic carbocycles. The number of nitrogens with one attached hydrogen (secondary N) is 10. The molecular weight excluding hydrogens is 980 g/mol. The molecule has 422 valence electrons. The van der Waals surface area contributed by atoms with E-state index >= 15 is 0 Å². The van der Waals surface area contributed by atoms with E-state index in [9.17, 15) is 62.3 Å². The van der Waals surface area contributed by atoms with Crippen molar-refractivity contribution in [1.29, 1.82) is 0 Å². The Kier molecular flexibility index (Phi) is 86.3.